The maximum atomic E-state index is 12.7. The van der Waals surface area contributed by atoms with Crippen LogP contribution in [0.25, 0.3) is 0 Å². The van der Waals surface area contributed by atoms with Crippen LogP contribution in [0.4, 0.5) is 18.9 Å². The average Bonchev–Trinajstić information content (AvgIpc) is 2.38. The van der Waals surface area contributed by atoms with Crippen LogP contribution in [0.15, 0.2) is 53.6 Å². The molecule has 3 nitrogen and oxygen atoms in total. The third kappa shape index (κ3) is 3.50. The molecule has 0 spiro atoms. The van der Waals surface area contributed by atoms with Gasteiger partial charge in [-0.05, 0) is 29.8 Å². The number of anilines is 1. The Morgan fingerprint density at radius 2 is 1.80 bits per heavy atom. The average molecular weight is 280 g/mol. The Balaban J connectivity index is 2.16. The van der Waals surface area contributed by atoms with Crippen LogP contribution in [-0.4, -0.2) is 11.3 Å². The summed E-state index contributed by atoms with van der Waals surface area (Å²) in [5.41, 5.74) is 2.01. The van der Waals surface area contributed by atoms with E-state index in [1.165, 1.54) is 36.5 Å². The number of hydrogen-bond donors (Lipinski definition) is 2. The molecular weight excluding hydrogens is 269 g/mol. The van der Waals surface area contributed by atoms with E-state index >= 15 is 0 Å². The van der Waals surface area contributed by atoms with Gasteiger partial charge in [0.1, 0.15) is 5.75 Å². The summed E-state index contributed by atoms with van der Waals surface area (Å²) in [5, 5.41) is 13.0. The zero-order valence-corrected chi connectivity index (χ0v) is 10.2. The SMILES string of the molecule is Oc1cccc(/C=N\Nc2ccccc2C(F)(F)F)c1. The molecule has 0 fully saturated rings. The van der Waals surface area contributed by atoms with Crippen LogP contribution in [-0.2, 0) is 6.18 Å². The highest BCUT2D eigenvalue weighted by molar-refractivity contribution is 5.80. The van der Waals surface area contributed by atoms with Crippen molar-refractivity contribution in [1.82, 2.24) is 0 Å². The van der Waals surface area contributed by atoms with Gasteiger partial charge in [-0.15, -0.1) is 0 Å². The van der Waals surface area contributed by atoms with E-state index in [-0.39, 0.29) is 11.4 Å². The number of phenols is 1. The number of nitrogens with one attached hydrogen (secondary N) is 1. The van der Waals surface area contributed by atoms with Gasteiger partial charge in [-0.3, -0.25) is 5.43 Å². The number of hydrazone groups is 1. The van der Waals surface area contributed by atoms with Crippen LogP contribution < -0.4 is 5.43 Å². The van der Waals surface area contributed by atoms with Gasteiger partial charge in [-0.2, -0.15) is 18.3 Å². The number of aromatic hydroxyl groups is 1. The molecule has 0 aliphatic carbocycles. The summed E-state index contributed by atoms with van der Waals surface area (Å²) in [6.07, 6.45) is -3.11. The minimum absolute atomic E-state index is 0.0599. The molecule has 0 unspecified atom stereocenters. The quantitative estimate of drug-likeness (QED) is 0.662. The number of phenolic OH excluding ortho intramolecular Hbond substituents is 1. The maximum absolute atomic E-state index is 12.7. The monoisotopic (exact) mass is 280 g/mol. The van der Waals surface area contributed by atoms with Gasteiger partial charge in [-0.25, -0.2) is 0 Å². The largest absolute Gasteiger partial charge is 0.508 e. The van der Waals surface area contributed by atoms with E-state index in [1.807, 2.05) is 0 Å². The van der Waals surface area contributed by atoms with Crippen molar-refractivity contribution in [2.75, 3.05) is 5.43 Å². The molecule has 0 atom stereocenters. The molecule has 0 aromatic heterocycles. The molecule has 2 aromatic carbocycles. The summed E-state index contributed by atoms with van der Waals surface area (Å²) in [6, 6.07) is 11.3. The van der Waals surface area contributed by atoms with Gasteiger partial charge in [-0.1, -0.05) is 24.3 Å². The van der Waals surface area contributed by atoms with Crippen LogP contribution in [0, 0.1) is 0 Å². The van der Waals surface area contributed by atoms with Crippen LogP contribution >= 0.6 is 0 Å². The summed E-state index contributed by atoms with van der Waals surface area (Å²) in [6.45, 7) is 0. The Hall–Kier alpha value is -2.50. The van der Waals surface area contributed by atoms with Gasteiger partial charge in [0.05, 0.1) is 17.5 Å². The first-order chi connectivity index (χ1) is 9.47. The van der Waals surface area contributed by atoms with E-state index in [9.17, 15) is 18.3 Å². The van der Waals surface area contributed by atoms with Gasteiger partial charge in [0.15, 0.2) is 0 Å². The lowest BCUT2D eigenvalue weighted by molar-refractivity contribution is -0.136. The summed E-state index contributed by atoms with van der Waals surface area (Å²) in [5.74, 6) is 0.0599. The van der Waals surface area contributed by atoms with Crippen LogP contribution in [0.2, 0.25) is 0 Å². The number of para-hydroxylation sites is 1. The Bertz CT molecular complexity index is 624. The molecular formula is C14H11F3N2O. The molecule has 0 heterocycles. The Kier molecular flexibility index (Phi) is 3.93. The second-order valence-corrected chi connectivity index (χ2v) is 4.01. The molecule has 6 heteroatoms. The molecule has 0 radical (unpaired) electrons. The predicted octanol–water partition coefficient (Wildman–Crippen LogP) is 3.86. The van der Waals surface area contributed by atoms with Gasteiger partial charge in [0, 0.05) is 0 Å². The third-order valence-corrected chi connectivity index (χ3v) is 2.50. The van der Waals surface area contributed by atoms with E-state index in [2.05, 4.69) is 10.5 Å². The molecule has 0 amide bonds. The second-order valence-electron chi connectivity index (χ2n) is 4.01. The summed E-state index contributed by atoms with van der Waals surface area (Å²) in [7, 11) is 0. The molecule has 2 aromatic rings. The van der Waals surface area contributed by atoms with E-state index < -0.39 is 11.7 Å². The Labute approximate surface area is 113 Å². The second kappa shape index (κ2) is 5.64. The number of benzene rings is 2. The van der Waals surface area contributed by atoms with Crippen LogP contribution in [0.1, 0.15) is 11.1 Å². The van der Waals surface area contributed by atoms with E-state index in [1.54, 1.807) is 12.1 Å². The zero-order chi connectivity index (χ0) is 14.6. The molecule has 0 bridgehead atoms. The first kappa shape index (κ1) is 13.9. The van der Waals surface area contributed by atoms with Gasteiger partial charge < -0.3 is 5.11 Å². The van der Waals surface area contributed by atoms with Gasteiger partial charge in [0.25, 0.3) is 0 Å². The molecule has 2 N–H and O–H groups in total. The van der Waals surface area contributed by atoms with Crippen molar-refractivity contribution in [1.29, 1.82) is 0 Å². The standard InChI is InChI=1S/C14H11F3N2O/c15-14(16,17)12-6-1-2-7-13(12)19-18-9-10-4-3-5-11(20)8-10/h1-9,19-20H/b18-9-. The van der Waals surface area contributed by atoms with Crippen molar-refractivity contribution in [2.24, 2.45) is 5.10 Å². The van der Waals surface area contributed by atoms with Crippen LogP contribution in [0.3, 0.4) is 0 Å². The van der Waals surface area contributed by atoms with Crippen molar-refractivity contribution < 1.29 is 18.3 Å². The fourth-order valence-corrected chi connectivity index (χ4v) is 1.61. The van der Waals surface area contributed by atoms with E-state index in [0.717, 1.165) is 6.07 Å². The Morgan fingerprint density at radius 1 is 1.05 bits per heavy atom. The lowest BCUT2D eigenvalue weighted by atomic mass is 10.2. The first-order valence-corrected chi connectivity index (χ1v) is 5.71. The highest BCUT2D eigenvalue weighted by Gasteiger charge is 2.33. The van der Waals surface area contributed by atoms with Crippen molar-refractivity contribution >= 4 is 11.9 Å². The highest BCUT2D eigenvalue weighted by atomic mass is 19.4. The van der Waals surface area contributed by atoms with Crippen molar-refractivity contribution in [2.45, 2.75) is 6.18 Å². The molecule has 104 valence electrons. The number of alkyl halides is 3. The summed E-state index contributed by atoms with van der Waals surface area (Å²) in [4.78, 5) is 0. The number of rotatable bonds is 3. The first-order valence-electron chi connectivity index (χ1n) is 5.71. The number of halogens is 3. The summed E-state index contributed by atoms with van der Waals surface area (Å²) >= 11 is 0. The van der Waals surface area contributed by atoms with Gasteiger partial charge in [0.2, 0.25) is 0 Å². The number of hydrogen-bond acceptors (Lipinski definition) is 3. The minimum Gasteiger partial charge on any atom is -0.508 e. The van der Waals surface area contributed by atoms with Gasteiger partial charge >= 0.3 is 6.18 Å². The smallest absolute Gasteiger partial charge is 0.418 e. The minimum atomic E-state index is -4.44. The topological polar surface area (TPSA) is 44.6 Å². The molecule has 0 aliphatic heterocycles. The molecule has 2 rings (SSSR count). The molecule has 0 aliphatic rings. The summed E-state index contributed by atoms with van der Waals surface area (Å²) < 4.78 is 38.2. The lowest BCUT2D eigenvalue weighted by Crippen LogP contribution is -2.08. The Morgan fingerprint density at radius 3 is 2.50 bits per heavy atom. The van der Waals surface area contributed by atoms with Crippen molar-refractivity contribution in [3.8, 4) is 5.75 Å². The molecule has 0 saturated carbocycles. The van der Waals surface area contributed by atoms with E-state index in [4.69, 9.17) is 0 Å². The lowest BCUT2D eigenvalue weighted by Gasteiger charge is -2.11. The zero-order valence-electron chi connectivity index (χ0n) is 10.2. The normalized spacial score (nSPS) is 11.8. The number of nitrogens with zero attached hydrogens (tertiary/aromatic N) is 1. The highest BCUT2D eigenvalue weighted by Crippen LogP contribution is 2.34. The predicted molar refractivity (Wildman–Crippen MR) is 70.8 cm³/mol. The fourth-order valence-electron chi connectivity index (χ4n) is 1.61. The van der Waals surface area contributed by atoms with E-state index in [0.29, 0.717) is 5.56 Å². The fraction of sp³-hybridized carbons (Fsp3) is 0.0714. The molecule has 0 saturated heterocycles. The van der Waals surface area contributed by atoms with Crippen molar-refractivity contribution in [3.63, 3.8) is 0 Å². The van der Waals surface area contributed by atoms with Crippen molar-refractivity contribution in [3.05, 3.63) is 59.7 Å². The third-order valence-electron chi connectivity index (χ3n) is 2.50. The molecule has 20 heavy (non-hydrogen) atoms. The van der Waals surface area contributed by atoms with Crippen LogP contribution in [0.5, 0.6) is 5.75 Å². The maximum Gasteiger partial charge on any atom is 0.418 e.